The molecule has 0 amide bonds. The van der Waals surface area contributed by atoms with E-state index in [1.807, 2.05) is 164 Å². The number of rotatable bonds is 20. The Morgan fingerprint density at radius 2 is 1.00 bits per heavy atom. The summed E-state index contributed by atoms with van der Waals surface area (Å²) in [5.74, 6) is 1.42. The summed E-state index contributed by atoms with van der Waals surface area (Å²) in [6.07, 6.45) is -0.192. The van der Waals surface area contributed by atoms with Gasteiger partial charge in [0.15, 0.2) is 5.75 Å². The summed E-state index contributed by atoms with van der Waals surface area (Å²) in [7, 11) is 0. The van der Waals surface area contributed by atoms with Gasteiger partial charge in [-0.1, -0.05) is 159 Å². The van der Waals surface area contributed by atoms with Crippen molar-refractivity contribution in [3.8, 4) is 17.2 Å². The van der Waals surface area contributed by atoms with Gasteiger partial charge in [0.2, 0.25) is 12.0 Å². The molecule has 0 bridgehead atoms. The molecular weight excluding hydrogens is 845 g/mol. The Bertz CT molecular complexity index is 2620. The van der Waals surface area contributed by atoms with Gasteiger partial charge in [-0.2, -0.15) is 0 Å². The molecule has 0 N–H and O–H groups in total. The molecule has 1 aromatic heterocycles. The van der Waals surface area contributed by atoms with E-state index in [1.165, 1.54) is 0 Å². The summed E-state index contributed by atoms with van der Waals surface area (Å²) < 4.78 is 59.8. The van der Waals surface area contributed by atoms with E-state index in [9.17, 15) is 4.79 Å². The van der Waals surface area contributed by atoms with Crippen molar-refractivity contribution in [1.82, 2.24) is 0 Å². The van der Waals surface area contributed by atoms with Gasteiger partial charge in [-0.3, -0.25) is 0 Å². The molecule has 346 valence electrons. The standard InChI is InChI=1S/C57H58O10/c1-40-27-29-46(30-28-40)64-54-51(60-35-42-19-9-3-10-20-42)48-32-31-47(33-49(48)66-56(54)58)65-57-55(63-38-45-25-15-6-16-26-45)53(62-37-44-23-13-5-14-24-44)52(61-36-43-21-11-4-12-22-43)50(67-57)39-59-34-41-17-7-2-8-18-41/h2-26,31-33,40,46,50,52-53,55,57H,27-30,34-39H2,1H3/t40?,46?,50-,52+,53+,55-,57-/m1/s1. The van der Waals surface area contributed by atoms with Crippen LogP contribution in [0, 0.1) is 5.92 Å². The molecule has 6 aromatic carbocycles. The van der Waals surface area contributed by atoms with Crippen LogP contribution in [0.25, 0.3) is 11.0 Å². The lowest BCUT2D eigenvalue weighted by Crippen LogP contribution is -2.62. The average molecular weight is 903 g/mol. The molecule has 1 saturated heterocycles. The topological polar surface area (TPSA) is 104 Å². The van der Waals surface area contributed by atoms with Crippen LogP contribution < -0.4 is 19.8 Å². The Morgan fingerprint density at radius 1 is 0.507 bits per heavy atom. The summed E-state index contributed by atoms with van der Waals surface area (Å²) in [5.41, 5.74) is 4.59. The van der Waals surface area contributed by atoms with Gasteiger partial charge in [0.05, 0.1) is 44.5 Å². The van der Waals surface area contributed by atoms with Crippen LogP contribution in [0.5, 0.6) is 17.2 Å². The molecular formula is C57H58O10. The fourth-order valence-corrected chi connectivity index (χ4v) is 8.67. The van der Waals surface area contributed by atoms with Crippen LogP contribution in [-0.2, 0) is 56.7 Å². The van der Waals surface area contributed by atoms with E-state index in [2.05, 4.69) is 6.92 Å². The summed E-state index contributed by atoms with van der Waals surface area (Å²) in [6.45, 7) is 3.85. The van der Waals surface area contributed by atoms with Crippen LogP contribution in [0.1, 0.15) is 60.4 Å². The molecule has 2 fully saturated rings. The first-order chi connectivity index (χ1) is 33.0. The molecule has 1 aliphatic heterocycles. The van der Waals surface area contributed by atoms with Crippen LogP contribution in [0.2, 0.25) is 0 Å². The second kappa shape index (κ2) is 23.0. The van der Waals surface area contributed by atoms with Crippen molar-refractivity contribution in [1.29, 1.82) is 0 Å². The fraction of sp³-hybridized carbons (Fsp3) is 0.316. The first kappa shape index (κ1) is 45.9. The van der Waals surface area contributed by atoms with E-state index in [0.29, 0.717) is 36.0 Å². The molecule has 67 heavy (non-hydrogen) atoms. The van der Waals surface area contributed by atoms with Gasteiger partial charge in [0.25, 0.3) is 0 Å². The van der Waals surface area contributed by atoms with Gasteiger partial charge in [-0.25, -0.2) is 4.79 Å². The maximum absolute atomic E-state index is 14.0. The number of ether oxygens (including phenoxy) is 8. The van der Waals surface area contributed by atoms with Crippen LogP contribution in [0.4, 0.5) is 0 Å². The van der Waals surface area contributed by atoms with Gasteiger partial charge in [-0.15, -0.1) is 0 Å². The van der Waals surface area contributed by atoms with Gasteiger partial charge >= 0.3 is 5.63 Å². The Balaban J connectivity index is 1.06. The van der Waals surface area contributed by atoms with Gasteiger partial charge in [0.1, 0.15) is 42.4 Å². The summed E-state index contributed by atoms with van der Waals surface area (Å²) in [5, 5.41) is 0.578. The Hall–Kier alpha value is -6.27. The van der Waals surface area contributed by atoms with Crippen molar-refractivity contribution in [2.24, 2.45) is 5.92 Å². The highest BCUT2D eigenvalue weighted by atomic mass is 16.7. The first-order valence-corrected chi connectivity index (χ1v) is 23.4. The fourth-order valence-electron chi connectivity index (χ4n) is 8.67. The lowest BCUT2D eigenvalue weighted by Gasteiger charge is -2.45. The predicted molar refractivity (Wildman–Crippen MR) is 256 cm³/mol. The molecule has 0 radical (unpaired) electrons. The molecule has 0 unspecified atom stereocenters. The van der Waals surface area contributed by atoms with Gasteiger partial charge in [-0.05, 0) is 71.6 Å². The van der Waals surface area contributed by atoms with E-state index >= 15 is 0 Å². The maximum Gasteiger partial charge on any atom is 0.383 e. The van der Waals surface area contributed by atoms with Crippen molar-refractivity contribution in [3.63, 3.8) is 0 Å². The van der Waals surface area contributed by atoms with E-state index in [1.54, 1.807) is 6.07 Å². The smallest absolute Gasteiger partial charge is 0.383 e. The predicted octanol–water partition coefficient (Wildman–Crippen LogP) is 11.4. The monoisotopic (exact) mass is 902 g/mol. The second-order valence-corrected chi connectivity index (χ2v) is 17.4. The summed E-state index contributed by atoms with van der Waals surface area (Å²) >= 11 is 0. The quantitative estimate of drug-likeness (QED) is 0.0687. The lowest BCUT2D eigenvalue weighted by atomic mass is 9.89. The zero-order valence-electron chi connectivity index (χ0n) is 37.9. The normalized spacial score (nSPS) is 21.7. The third-order valence-electron chi connectivity index (χ3n) is 12.4. The Morgan fingerprint density at radius 3 is 1.55 bits per heavy atom. The highest BCUT2D eigenvalue weighted by molar-refractivity contribution is 5.86. The molecule has 10 nitrogen and oxygen atoms in total. The average Bonchev–Trinajstić information content (AvgIpc) is 3.37. The Kier molecular flexibility index (Phi) is 15.7. The molecule has 7 aromatic rings. The molecule has 10 heteroatoms. The van der Waals surface area contributed by atoms with Gasteiger partial charge in [0, 0.05) is 6.07 Å². The van der Waals surface area contributed by atoms with Gasteiger partial charge < -0.3 is 42.3 Å². The van der Waals surface area contributed by atoms with Crippen LogP contribution in [0.15, 0.2) is 179 Å². The van der Waals surface area contributed by atoms with Crippen LogP contribution in [0.3, 0.4) is 0 Å². The molecule has 2 heterocycles. The largest absolute Gasteiger partial charge is 0.484 e. The SMILES string of the molecule is CC1CCC(Oc2c(OCc3ccccc3)c3ccc(O[C@@H]4O[C@H](COCc5ccccc5)[C@H](OCc5ccccc5)[C@H](OCc5ccccc5)[C@H]4OCc4ccccc4)cc3oc2=O)CC1. The van der Waals surface area contributed by atoms with Crippen LogP contribution >= 0.6 is 0 Å². The highest BCUT2D eigenvalue weighted by Crippen LogP contribution is 2.39. The third-order valence-corrected chi connectivity index (χ3v) is 12.4. The van der Waals surface area contributed by atoms with Crippen molar-refractivity contribution in [3.05, 3.63) is 208 Å². The third kappa shape index (κ3) is 12.4. The highest BCUT2D eigenvalue weighted by Gasteiger charge is 2.50. The van der Waals surface area contributed by atoms with E-state index in [-0.39, 0.29) is 43.9 Å². The second-order valence-electron chi connectivity index (χ2n) is 17.4. The first-order valence-electron chi connectivity index (χ1n) is 23.4. The molecule has 1 saturated carbocycles. The summed E-state index contributed by atoms with van der Waals surface area (Å²) in [4.78, 5) is 14.0. The number of hydrogen-bond donors (Lipinski definition) is 0. The van der Waals surface area contributed by atoms with Crippen molar-refractivity contribution in [2.75, 3.05) is 6.61 Å². The van der Waals surface area contributed by atoms with E-state index < -0.39 is 36.3 Å². The zero-order valence-corrected chi connectivity index (χ0v) is 37.9. The lowest BCUT2D eigenvalue weighted by molar-refractivity contribution is -0.310. The Labute approximate surface area is 392 Å². The maximum atomic E-state index is 14.0. The minimum atomic E-state index is -1.03. The molecule has 0 spiro atoms. The molecule has 9 rings (SSSR count). The van der Waals surface area contributed by atoms with Crippen molar-refractivity contribution in [2.45, 2.75) is 102 Å². The number of hydrogen-bond acceptors (Lipinski definition) is 10. The van der Waals surface area contributed by atoms with Crippen molar-refractivity contribution >= 4 is 11.0 Å². The van der Waals surface area contributed by atoms with Crippen LogP contribution in [-0.4, -0.2) is 43.4 Å². The van der Waals surface area contributed by atoms with Crippen molar-refractivity contribution < 1.29 is 42.3 Å². The molecule has 2 aliphatic rings. The minimum Gasteiger partial charge on any atom is -0.484 e. The summed E-state index contributed by atoms with van der Waals surface area (Å²) in [6, 6.07) is 55.2. The number of benzene rings is 6. The molecule has 1 aliphatic carbocycles. The van der Waals surface area contributed by atoms with E-state index in [0.717, 1.165) is 53.5 Å². The zero-order chi connectivity index (χ0) is 45.6. The number of fused-ring (bicyclic) bond motifs is 1. The molecule has 5 atom stereocenters. The van der Waals surface area contributed by atoms with E-state index in [4.69, 9.17) is 42.3 Å². The minimum absolute atomic E-state index is 0.0833.